The Balaban J connectivity index is 2.04. The third-order valence-electron chi connectivity index (χ3n) is 3.31. The molecule has 19 heavy (non-hydrogen) atoms. The summed E-state index contributed by atoms with van der Waals surface area (Å²) in [5.41, 5.74) is 4.37. The van der Waals surface area contributed by atoms with Gasteiger partial charge in [-0.1, -0.05) is 12.1 Å². The smallest absolute Gasteiger partial charge is 0.0648 e. The lowest BCUT2D eigenvalue weighted by atomic mass is 10.1. The first-order valence-corrected chi connectivity index (χ1v) is 6.28. The zero-order valence-corrected chi connectivity index (χ0v) is 10.8. The first-order valence-electron chi connectivity index (χ1n) is 6.28. The lowest BCUT2D eigenvalue weighted by Crippen LogP contribution is -2.00. The lowest BCUT2D eigenvalue weighted by Gasteiger charge is -2.06. The van der Waals surface area contributed by atoms with Gasteiger partial charge in [0.1, 0.15) is 0 Å². The van der Waals surface area contributed by atoms with E-state index in [4.69, 9.17) is 5.41 Å². The van der Waals surface area contributed by atoms with Crippen molar-refractivity contribution in [1.29, 1.82) is 5.41 Å². The van der Waals surface area contributed by atoms with Gasteiger partial charge in [-0.2, -0.15) is 0 Å². The number of aryl methyl sites for hydroxylation is 1. The number of hydrogen-bond acceptors (Lipinski definition) is 2. The highest BCUT2D eigenvalue weighted by molar-refractivity contribution is 5.97. The van der Waals surface area contributed by atoms with Gasteiger partial charge in [-0.15, -0.1) is 0 Å². The molecule has 0 amide bonds. The maximum Gasteiger partial charge on any atom is 0.0648 e. The van der Waals surface area contributed by atoms with E-state index in [1.165, 1.54) is 11.8 Å². The van der Waals surface area contributed by atoms with Crippen molar-refractivity contribution in [3.63, 3.8) is 0 Å². The molecule has 0 atom stereocenters. The standard InChI is InChI=1S/C16H15N3/c1-12-5-7-18-14(9-12)11-19-8-6-15-13(10-17)3-2-4-16(15)19/h2-10,17H,11H2,1H3. The minimum atomic E-state index is 0.757. The summed E-state index contributed by atoms with van der Waals surface area (Å²) in [7, 11) is 0. The van der Waals surface area contributed by atoms with Crippen LogP contribution >= 0.6 is 0 Å². The molecule has 0 bridgehead atoms. The van der Waals surface area contributed by atoms with E-state index in [0.717, 1.165) is 28.7 Å². The second-order valence-electron chi connectivity index (χ2n) is 4.69. The zero-order chi connectivity index (χ0) is 13.2. The topological polar surface area (TPSA) is 41.7 Å². The van der Waals surface area contributed by atoms with Gasteiger partial charge in [0.25, 0.3) is 0 Å². The first-order chi connectivity index (χ1) is 9.28. The molecule has 0 fully saturated rings. The molecule has 1 aromatic carbocycles. The van der Waals surface area contributed by atoms with Crippen molar-refractivity contribution in [2.45, 2.75) is 13.5 Å². The number of nitrogens with one attached hydrogen (secondary N) is 1. The van der Waals surface area contributed by atoms with Gasteiger partial charge in [-0.05, 0) is 36.8 Å². The minimum Gasteiger partial charge on any atom is -0.341 e. The van der Waals surface area contributed by atoms with Crippen LogP contribution in [0.15, 0.2) is 48.8 Å². The van der Waals surface area contributed by atoms with Gasteiger partial charge in [-0.25, -0.2) is 0 Å². The van der Waals surface area contributed by atoms with Gasteiger partial charge < -0.3 is 9.98 Å². The van der Waals surface area contributed by atoms with Gasteiger partial charge in [0.15, 0.2) is 0 Å². The molecule has 2 heterocycles. The molecular weight excluding hydrogens is 234 g/mol. The van der Waals surface area contributed by atoms with E-state index < -0.39 is 0 Å². The number of aromatic nitrogens is 2. The number of hydrogen-bond donors (Lipinski definition) is 1. The Morgan fingerprint density at radius 2 is 2.16 bits per heavy atom. The molecule has 3 heteroatoms. The number of pyridine rings is 1. The summed E-state index contributed by atoms with van der Waals surface area (Å²) in [6.07, 6.45) is 5.30. The summed E-state index contributed by atoms with van der Waals surface area (Å²) in [6.45, 7) is 2.83. The predicted molar refractivity (Wildman–Crippen MR) is 77.9 cm³/mol. The Hall–Kier alpha value is -2.42. The van der Waals surface area contributed by atoms with Crippen LogP contribution in [-0.4, -0.2) is 15.8 Å². The Bertz CT molecular complexity index is 741. The minimum absolute atomic E-state index is 0.757. The van der Waals surface area contributed by atoms with Crippen LogP contribution in [0.3, 0.4) is 0 Å². The second kappa shape index (κ2) is 4.69. The molecule has 94 valence electrons. The highest BCUT2D eigenvalue weighted by Gasteiger charge is 2.05. The van der Waals surface area contributed by atoms with Crippen LogP contribution in [0.1, 0.15) is 16.8 Å². The molecule has 0 saturated carbocycles. The number of nitrogens with zero attached hydrogens (tertiary/aromatic N) is 2. The van der Waals surface area contributed by atoms with Gasteiger partial charge in [-0.3, -0.25) is 4.98 Å². The van der Waals surface area contributed by atoms with Crippen LogP contribution < -0.4 is 0 Å². The molecular formula is C16H15N3. The number of fused-ring (bicyclic) bond motifs is 1. The fourth-order valence-corrected chi connectivity index (χ4v) is 2.37. The Morgan fingerprint density at radius 1 is 1.26 bits per heavy atom. The van der Waals surface area contributed by atoms with E-state index in [-0.39, 0.29) is 0 Å². The van der Waals surface area contributed by atoms with Crippen LogP contribution in [0.25, 0.3) is 10.9 Å². The molecule has 3 nitrogen and oxygen atoms in total. The average molecular weight is 249 g/mol. The Kier molecular flexibility index (Phi) is 2.88. The average Bonchev–Trinajstić information content (AvgIpc) is 2.82. The van der Waals surface area contributed by atoms with Gasteiger partial charge in [0.2, 0.25) is 0 Å². The monoisotopic (exact) mass is 249 g/mol. The molecule has 3 aromatic rings. The van der Waals surface area contributed by atoms with Crippen molar-refractivity contribution in [3.8, 4) is 0 Å². The van der Waals surface area contributed by atoms with Crippen LogP contribution in [0.2, 0.25) is 0 Å². The van der Waals surface area contributed by atoms with Crippen molar-refractivity contribution in [2.75, 3.05) is 0 Å². The number of rotatable bonds is 3. The van der Waals surface area contributed by atoms with E-state index in [0.29, 0.717) is 0 Å². The molecule has 0 saturated heterocycles. The first kappa shape index (κ1) is 11.7. The van der Waals surface area contributed by atoms with E-state index in [1.54, 1.807) is 0 Å². The summed E-state index contributed by atoms with van der Waals surface area (Å²) in [4.78, 5) is 4.40. The van der Waals surface area contributed by atoms with Gasteiger partial charge in [0, 0.05) is 35.1 Å². The van der Waals surface area contributed by atoms with E-state index in [1.807, 2.05) is 24.4 Å². The number of benzene rings is 1. The molecule has 0 radical (unpaired) electrons. The highest BCUT2D eigenvalue weighted by atomic mass is 15.0. The summed E-state index contributed by atoms with van der Waals surface area (Å²) in [5, 5.41) is 8.55. The Morgan fingerprint density at radius 3 is 2.95 bits per heavy atom. The van der Waals surface area contributed by atoms with Crippen molar-refractivity contribution in [2.24, 2.45) is 0 Å². The van der Waals surface area contributed by atoms with Crippen LogP contribution in [0.4, 0.5) is 0 Å². The molecule has 0 aliphatic carbocycles. The summed E-state index contributed by atoms with van der Waals surface area (Å²) in [6, 6.07) is 12.2. The predicted octanol–water partition coefficient (Wildman–Crippen LogP) is 3.39. The fourth-order valence-electron chi connectivity index (χ4n) is 2.37. The summed E-state index contributed by atoms with van der Waals surface area (Å²) >= 11 is 0. The van der Waals surface area contributed by atoms with Crippen molar-refractivity contribution >= 4 is 17.1 Å². The second-order valence-corrected chi connectivity index (χ2v) is 4.69. The van der Waals surface area contributed by atoms with Crippen molar-refractivity contribution in [3.05, 3.63) is 65.6 Å². The fraction of sp³-hybridized carbons (Fsp3) is 0.125. The normalized spacial score (nSPS) is 10.8. The maximum absolute atomic E-state index is 7.44. The van der Waals surface area contributed by atoms with E-state index >= 15 is 0 Å². The van der Waals surface area contributed by atoms with Gasteiger partial charge >= 0.3 is 0 Å². The van der Waals surface area contributed by atoms with Crippen LogP contribution in [0, 0.1) is 12.3 Å². The molecule has 0 aliphatic heterocycles. The van der Waals surface area contributed by atoms with E-state index in [2.05, 4.69) is 40.9 Å². The summed E-state index contributed by atoms with van der Waals surface area (Å²) in [5.74, 6) is 0. The molecule has 0 spiro atoms. The molecule has 0 unspecified atom stereocenters. The highest BCUT2D eigenvalue weighted by Crippen LogP contribution is 2.20. The third-order valence-corrected chi connectivity index (χ3v) is 3.31. The van der Waals surface area contributed by atoms with Crippen molar-refractivity contribution < 1.29 is 0 Å². The van der Waals surface area contributed by atoms with Crippen molar-refractivity contribution in [1.82, 2.24) is 9.55 Å². The molecule has 3 rings (SSSR count). The Labute approximate surface area is 112 Å². The quantitative estimate of drug-likeness (QED) is 0.710. The maximum atomic E-state index is 7.44. The molecule has 0 aliphatic rings. The molecule has 2 aromatic heterocycles. The van der Waals surface area contributed by atoms with Crippen LogP contribution in [0.5, 0.6) is 0 Å². The summed E-state index contributed by atoms with van der Waals surface area (Å²) < 4.78 is 2.17. The van der Waals surface area contributed by atoms with E-state index in [9.17, 15) is 0 Å². The third kappa shape index (κ3) is 2.15. The largest absolute Gasteiger partial charge is 0.341 e. The van der Waals surface area contributed by atoms with Gasteiger partial charge in [0.05, 0.1) is 12.2 Å². The lowest BCUT2D eigenvalue weighted by molar-refractivity contribution is 0.806. The zero-order valence-electron chi connectivity index (χ0n) is 10.8. The SMILES string of the molecule is Cc1ccnc(Cn2ccc3c(C=N)cccc32)c1. The van der Waals surface area contributed by atoms with Crippen LogP contribution in [-0.2, 0) is 6.54 Å². The molecule has 1 N–H and O–H groups in total.